The van der Waals surface area contributed by atoms with E-state index in [4.69, 9.17) is 4.99 Å². The first-order valence-corrected chi connectivity index (χ1v) is 13.4. The first kappa shape index (κ1) is 29.3. The Bertz CT molecular complexity index is 1190. The molecule has 0 saturated carbocycles. The number of nitrogens with zero attached hydrogens (tertiary/aromatic N) is 3. The maximum Gasteiger partial charge on any atom is 0.111 e. The van der Waals surface area contributed by atoms with Crippen LogP contribution in [-0.2, 0) is 6.54 Å². The molecule has 2 aliphatic rings. The monoisotopic (exact) mass is 511 g/mol. The van der Waals surface area contributed by atoms with E-state index in [0.717, 1.165) is 41.0 Å². The second-order valence-corrected chi connectivity index (χ2v) is 10.8. The van der Waals surface area contributed by atoms with Gasteiger partial charge in [0, 0.05) is 18.2 Å². The Hall–Kier alpha value is -3.28. The Morgan fingerprint density at radius 1 is 1.18 bits per heavy atom. The Balaban J connectivity index is 1.73. The second kappa shape index (κ2) is 13.0. The summed E-state index contributed by atoms with van der Waals surface area (Å²) in [7, 11) is 4.15. The van der Waals surface area contributed by atoms with Crippen molar-refractivity contribution in [2.24, 2.45) is 15.9 Å². The molecule has 3 rings (SSSR count). The molecular weight excluding hydrogens is 466 g/mol. The molecule has 1 aromatic rings. The van der Waals surface area contributed by atoms with Crippen molar-refractivity contribution in [3.8, 4) is 0 Å². The number of hydrogen-bond donors (Lipinski definition) is 2. The van der Waals surface area contributed by atoms with Crippen molar-refractivity contribution in [2.45, 2.75) is 65.3 Å². The molecule has 0 aromatic heterocycles. The van der Waals surface area contributed by atoms with Gasteiger partial charge in [0.15, 0.2) is 0 Å². The van der Waals surface area contributed by atoms with Crippen LogP contribution < -0.4 is 10.6 Å². The van der Waals surface area contributed by atoms with E-state index in [0.29, 0.717) is 12.5 Å². The summed E-state index contributed by atoms with van der Waals surface area (Å²) in [4.78, 5) is 11.5. The van der Waals surface area contributed by atoms with E-state index in [1.54, 1.807) is 6.34 Å². The molecule has 0 bridgehead atoms. The van der Waals surface area contributed by atoms with Gasteiger partial charge in [-0.25, -0.2) is 4.99 Å². The van der Waals surface area contributed by atoms with E-state index in [9.17, 15) is 0 Å². The largest absolute Gasteiger partial charge is 0.380 e. The normalized spacial score (nSPS) is 25.0. The third kappa shape index (κ3) is 7.18. The molecule has 1 heterocycles. The third-order valence-corrected chi connectivity index (χ3v) is 7.70. The molecule has 0 fully saturated rings. The maximum absolute atomic E-state index is 4.76. The molecule has 0 spiro atoms. The number of aryl methyl sites for hydroxylation is 2. The van der Waals surface area contributed by atoms with Crippen molar-refractivity contribution < 1.29 is 0 Å². The zero-order chi connectivity index (χ0) is 28.0. The summed E-state index contributed by atoms with van der Waals surface area (Å²) in [6.07, 6.45) is 11.9. The number of hydrogen-bond acceptors (Lipinski definition) is 5. The molecule has 0 amide bonds. The molecule has 38 heavy (non-hydrogen) atoms. The lowest BCUT2D eigenvalue weighted by molar-refractivity contribution is 0.190. The SMILES string of the molecule is C=CC1=C/C(=C)CCC(NC(C2N=CN=C(C(=C)NCc3cc(C)c(C)c(C)c3)C2=C)N(C)C)C(C)/C=C\1. The minimum Gasteiger partial charge on any atom is -0.380 e. The molecule has 4 unspecified atom stereocenters. The number of benzene rings is 1. The van der Waals surface area contributed by atoms with Crippen LogP contribution in [-0.4, -0.2) is 49.3 Å². The molecule has 202 valence electrons. The van der Waals surface area contributed by atoms with Crippen LogP contribution in [0.15, 0.2) is 95.2 Å². The van der Waals surface area contributed by atoms with Crippen LogP contribution in [0.5, 0.6) is 0 Å². The van der Waals surface area contributed by atoms with Gasteiger partial charge in [-0.3, -0.25) is 15.2 Å². The van der Waals surface area contributed by atoms with E-state index in [1.165, 1.54) is 22.3 Å². The van der Waals surface area contributed by atoms with Crippen molar-refractivity contribution in [3.05, 3.63) is 107 Å². The van der Waals surface area contributed by atoms with Gasteiger partial charge in [0.05, 0.1) is 17.6 Å². The summed E-state index contributed by atoms with van der Waals surface area (Å²) in [6.45, 7) is 26.3. The highest BCUT2D eigenvalue weighted by molar-refractivity contribution is 6.15. The van der Waals surface area contributed by atoms with Gasteiger partial charge in [-0.15, -0.1) is 0 Å². The molecule has 1 aliphatic carbocycles. The minimum atomic E-state index is -0.186. The summed E-state index contributed by atoms with van der Waals surface area (Å²) >= 11 is 0. The fraction of sp³-hybridized carbons (Fsp3) is 0.394. The lowest BCUT2D eigenvalue weighted by atomic mass is 9.93. The molecule has 2 N–H and O–H groups in total. The Kier molecular flexibility index (Phi) is 10.0. The molecule has 0 radical (unpaired) electrons. The van der Waals surface area contributed by atoms with Gasteiger partial charge in [0.25, 0.3) is 0 Å². The highest BCUT2D eigenvalue weighted by atomic mass is 15.3. The maximum atomic E-state index is 4.76. The number of rotatable bonds is 9. The Labute approximate surface area is 230 Å². The molecule has 4 atom stereocenters. The van der Waals surface area contributed by atoms with Crippen molar-refractivity contribution in [1.82, 2.24) is 15.5 Å². The number of nitrogens with one attached hydrogen (secondary N) is 2. The van der Waals surface area contributed by atoms with E-state index in [1.807, 2.05) is 6.08 Å². The molecule has 5 nitrogen and oxygen atoms in total. The van der Waals surface area contributed by atoms with E-state index >= 15 is 0 Å². The summed E-state index contributed by atoms with van der Waals surface area (Å²) in [5.74, 6) is 0.318. The zero-order valence-corrected chi connectivity index (χ0v) is 24.1. The minimum absolute atomic E-state index is 0.0545. The molecule has 1 aromatic carbocycles. The molecular formula is C33H45N5. The predicted molar refractivity (Wildman–Crippen MR) is 165 cm³/mol. The fourth-order valence-electron chi connectivity index (χ4n) is 5.00. The number of allylic oxidation sites excluding steroid dienone is 6. The van der Waals surface area contributed by atoms with Crippen LogP contribution in [0.1, 0.15) is 42.0 Å². The van der Waals surface area contributed by atoms with Crippen LogP contribution in [0.3, 0.4) is 0 Å². The summed E-state index contributed by atoms with van der Waals surface area (Å²) in [5.41, 5.74) is 9.77. The predicted octanol–water partition coefficient (Wildman–Crippen LogP) is 6.12. The van der Waals surface area contributed by atoms with Crippen LogP contribution in [0, 0.1) is 26.7 Å². The standard InChI is InChI=1S/C33H45N5/c1-11-28-14-13-22(3)30(15-12-21(2)16-28)37-33(38(9)10)32-26(7)31(35-20-36-32)27(8)34-19-29-17-23(4)25(6)24(5)18-29/h11,13-14,16-18,20,22,30,32-34,37H,1-2,7-8,12,15,19H2,3-6,9-10H3/b14-13-,28-16-. The quantitative estimate of drug-likeness (QED) is 0.393. The smallest absolute Gasteiger partial charge is 0.111 e. The van der Waals surface area contributed by atoms with Crippen molar-refractivity contribution >= 4 is 12.1 Å². The van der Waals surface area contributed by atoms with E-state index < -0.39 is 0 Å². The number of aliphatic imine (C=N–C) groups is 2. The topological polar surface area (TPSA) is 52.0 Å². The molecule has 5 heteroatoms. The van der Waals surface area contributed by atoms with Crippen LogP contribution in [0.2, 0.25) is 0 Å². The van der Waals surface area contributed by atoms with Gasteiger partial charge >= 0.3 is 0 Å². The van der Waals surface area contributed by atoms with Gasteiger partial charge in [0.1, 0.15) is 12.4 Å². The van der Waals surface area contributed by atoms with E-state index in [-0.39, 0.29) is 18.2 Å². The third-order valence-electron chi connectivity index (χ3n) is 7.70. The fourth-order valence-corrected chi connectivity index (χ4v) is 5.00. The lowest BCUT2D eigenvalue weighted by Crippen LogP contribution is -2.55. The lowest BCUT2D eigenvalue weighted by Gasteiger charge is -2.37. The van der Waals surface area contributed by atoms with Crippen LogP contribution >= 0.6 is 0 Å². The highest BCUT2D eigenvalue weighted by Crippen LogP contribution is 2.24. The van der Waals surface area contributed by atoms with Crippen LogP contribution in [0.25, 0.3) is 0 Å². The average Bonchev–Trinajstić information content (AvgIpc) is 2.94. The van der Waals surface area contributed by atoms with Crippen molar-refractivity contribution in [3.63, 3.8) is 0 Å². The van der Waals surface area contributed by atoms with Gasteiger partial charge in [0.2, 0.25) is 0 Å². The van der Waals surface area contributed by atoms with Crippen molar-refractivity contribution in [1.29, 1.82) is 0 Å². The highest BCUT2D eigenvalue weighted by Gasteiger charge is 2.32. The van der Waals surface area contributed by atoms with Gasteiger partial charge in [-0.1, -0.05) is 75.2 Å². The molecule has 1 aliphatic heterocycles. The average molecular weight is 512 g/mol. The van der Waals surface area contributed by atoms with Gasteiger partial charge in [-0.05, 0) is 81.5 Å². The van der Waals surface area contributed by atoms with Gasteiger partial charge < -0.3 is 5.32 Å². The van der Waals surface area contributed by atoms with E-state index in [2.05, 4.69) is 119 Å². The second-order valence-electron chi connectivity index (χ2n) is 10.8. The zero-order valence-electron chi connectivity index (χ0n) is 24.1. The Morgan fingerprint density at radius 3 is 2.50 bits per heavy atom. The molecule has 0 saturated heterocycles. The summed E-state index contributed by atoms with van der Waals surface area (Å²) in [5, 5.41) is 7.37. The van der Waals surface area contributed by atoms with Gasteiger partial charge in [-0.2, -0.15) is 0 Å². The summed E-state index contributed by atoms with van der Waals surface area (Å²) < 4.78 is 0. The number of likely N-dealkylation sites (N-methyl/N-ethyl adjacent to an activating group) is 1. The summed E-state index contributed by atoms with van der Waals surface area (Å²) in [6, 6.07) is 4.51. The Morgan fingerprint density at radius 2 is 1.87 bits per heavy atom. The first-order chi connectivity index (χ1) is 18.0. The van der Waals surface area contributed by atoms with Crippen molar-refractivity contribution in [2.75, 3.05) is 14.1 Å². The van der Waals surface area contributed by atoms with Crippen LogP contribution in [0.4, 0.5) is 0 Å². The first-order valence-electron chi connectivity index (χ1n) is 13.4.